The molecule has 0 atom stereocenters. The second-order valence-corrected chi connectivity index (χ2v) is 4.42. The van der Waals surface area contributed by atoms with Crippen molar-refractivity contribution in [3.05, 3.63) is 84.8 Å². The molecule has 0 fully saturated rings. The molecule has 104 valence electrons. The zero-order valence-corrected chi connectivity index (χ0v) is 11.3. The highest BCUT2D eigenvalue weighted by atomic mass is 16.3. The molecular weight excluding hydrogens is 264 g/mol. The Morgan fingerprint density at radius 3 is 1.86 bits per heavy atom. The van der Waals surface area contributed by atoms with Crippen LogP contribution in [0.5, 0.6) is 0 Å². The van der Waals surface area contributed by atoms with E-state index in [-0.39, 0.29) is 11.7 Å². The minimum absolute atomic E-state index is 0.270. The number of nitrogens with zero attached hydrogens (tertiary/aromatic N) is 1. The molecule has 0 unspecified atom stereocenters. The number of rotatable bonds is 4. The van der Waals surface area contributed by atoms with Gasteiger partial charge in [-0.1, -0.05) is 36.4 Å². The molecular formula is C17H14N2O2. The fraction of sp³-hybridized carbons (Fsp3) is 0. The zero-order chi connectivity index (χ0) is 14.5. The van der Waals surface area contributed by atoms with Gasteiger partial charge >= 0.3 is 5.91 Å². The molecule has 0 saturated carbocycles. The quantitative estimate of drug-likeness (QED) is 0.739. The Morgan fingerprint density at radius 2 is 1.38 bits per heavy atom. The second-order valence-electron chi connectivity index (χ2n) is 4.42. The van der Waals surface area contributed by atoms with Gasteiger partial charge in [0.25, 0.3) is 0 Å². The van der Waals surface area contributed by atoms with Crippen LogP contribution in [0.3, 0.4) is 0 Å². The zero-order valence-electron chi connectivity index (χ0n) is 11.3. The van der Waals surface area contributed by atoms with E-state index in [4.69, 9.17) is 4.42 Å². The molecule has 1 amide bonds. The van der Waals surface area contributed by atoms with Crippen LogP contribution < -0.4 is 10.4 Å². The molecule has 3 aromatic rings. The average Bonchev–Trinajstić information content (AvgIpc) is 3.09. The van der Waals surface area contributed by atoms with Crippen LogP contribution in [0.15, 0.2) is 83.5 Å². The number of furan rings is 1. The topological polar surface area (TPSA) is 45.5 Å². The highest BCUT2D eigenvalue weighted by Gasteiger charge is 2.15. The summed E-state index contributed by atoms with van der Waals surface area (Å²) < 4.78 is 5.13. The molecule has 0 bridgehead atoms. The normalized spacial score (nSPS) is 10.1. The molecule has 0 saturated heterocycles. The molecule has 1 aromatic heterocycles. The molecule has 1 N–H and O–H groups in total. The van der Waals surface area contributed by atoms with Crippen molar-refractivity contribution < 1.29 is 9.21 Å². The van der Waals surface area contributed by atoms with E-state index in [1.165, 1.54) is 6.26 Å². The summed E-state index contributed by atoms with van der Waals surface area (Å²) in [5.74, 6) is -0.0282. The van der Waals surface area contributed by atoms with Gasteiger partial charge in [0.2, 0.25) is 0 Å². The second kappa shape index (κ2) is 5.96. The van der Waals surface area contributed by atoms with Gasteiger partial charge in [-0.2, -0.15) is 0 Å². The molecule has 4 heteroatoms. The van der Waals surface area contributed by atoms with Crippen LogP contribution in [0.4, 0.5) is 11.4 Å². The van der Waals surface area contributed by atoms with Crippen LogP contribution in [0, 0.1) is 0 Å². The summed E-state index contributed by atoms with van der Waals surface area (Å²) in [5.41, 5.74) is 4.58. The lowest BCUT2D eigenvalue weighted by Gasteiger charge is -2.24. The molecule has 21 heavy (non-hydrogen) atoms. The van der Waals surface area contributed by atoms with Gasteiger partial charge in [0.15, 0.2) is 5.76 Å². The van der Waals surface area contributed by atoms with E-state index >= 15 is 0 Å². The smallest absolute Gasteiger partial charge is 0.305 e. The summed E-state index contributed by atoms with van der Waals surface area (Å²) in [6.45, 7) is 0. The molecule has 0 aliphatic carbocycles. The van der Waals surface area contributed by atoms with Gasteiger partial charge in [0.05, 0.1) is 17.6 Å². The number of anilines is 2. The monoisotopic (exact) mass is 278 g/mol. The maximum atomic E-state index is 12.2. The van der Waals surface area contributed by atoms with Crippen molar-refractivity contribution >= 4 is 17.3 Å². The van der Waals surface area contributed by atoms with E-state index in [0.717, 1.165) is 11.4 Å². The molecule has 4 nitrogen and oxygen atoms in total. The average molecular weight is 278 g/mol. The first-order valence-corrected chi connectivity index (χ1v) is 6.59. The van der Waals surface area contributed by atoms with E-state index in [0.29, 0.717) is 0 Å². The Balaban J connectivity index is 1.92. The highest BCUT2D eigenvalue weighted by molar-refractivity contribution is 5.93. The lowest BCUT2D eigenvalue weighted by molar-refractivity contribution is 0.0926. The summed E-state index contributed by atoms with van der Waals surface area (Å²) in [5, 5.41) is 1.73. The Kier molecular flexibility index (Phi) is 3.69. The first kappa shape index (κ1) is 13.0. The lowest BCUT2D eigenvalue weighted by atomic mass is 10.2. The van der Waals surface area contributed by atoms with Crippen molar-refractivity contribution in [2.24, 2.45) is 0 Å². The van der Waals surface area contributed by atoms with Crippen LogP contribution in [-0.2, 0) is 0 Å². The largest absolute Gasteiger partial charge is 0.459 e. The lowest BCUT2D eigenvalue weighted by Crippen LogP contribution is -2.38. The molecule has 2 aromatic carbocycles. The van der Waals surface area contributed by atoms with Crippen molar-refractivity contribution in [1.82, 2.24) is 5.43 Å². The first-order chi connectivity index (χ1) is 10.3. The van der Waals surface area contributed by atoms with Crippen molar-refractivity contribution in [2.45, 2.75) is 0 Å². The summed E-state index contributed by atoms with van der Waals surface area (Å²) in [4.78, 5) is 12.2. The predicted octanol–water partition coefficient (Wildman–Crippen LogP) is 3.76. The summed E-state index contributed by atoms with van der Waals surface area (Å²) in [7, 11) is 0. The Morgan fingerprint density at radius 1 is 0.810 bits per heavy atom. The van der Waals surface area contributed by atoms with Crippen molar-refractivity contribution in [1.29, 1.82) is 0 Å². The third-order valence-electron chi connectivity index (χ3n) is 2.99. The minimum atomic E-state index is -0.298. The van der Waals surface area contributed by atoms with Gasteiger partial charge in [-0.05, 0) is 36.4 Å². The number of benzene rings is 2. The summed E-state index contributed by atoms with van der Waals surface area (Å²) >= 11 is 0. The van der Waals surface area contributed by atoms with Gasteiger partial charge in [0, 0.05) is 0 Å². The van der Waals surface area contributed by atoms with Crippen molar-refractivity contribution in [3.8, 4) is 0 Å². The summed E-state index contributed by atoms with van der Waals surface area (Å²) in [6.07, 6.45) is 1.48. The number of hydrazine groups is 1. The Hall–Kier alpha value is -3.01. The molecule has 0 spiro atoms. The van der Waals surface area contributed by atoms with Crippen molar-refractivity contribution in [2.75, 3.05) is 5.01 Å². The SMILES string of the molecule is O=C(NN(c1ccccc1)c1ccccc1)c1ccco1. The van der Waals surface area contributed by atoms with Gasteiger partial charge in [-0.3, -0.25) is 15.2 Å². The molecule has 0 radical (unpaired) electrons. The number of carbonyl (C=O) groups is 1. The van der Waals surface area contributed by atoms with E-state index in [1.54, 1.807) is 17.1 Å². The van der Waals surface area contributed by atoms with Crippen LogP contribution in [0.25, 0.3) is 0 Å². The third kappa shape index (κ3) is 2.95. The minimum Gasteiger partial charge on any atom is -0.459 e. The number of para-hydroxylation sites is 2. The Labute approximate surface area is 122 Å². The van der Waals surface area contributed by atoms with Crippen LogP contribution >= 0.6 is 0 Å². The maximum absolute atomic E-state index is 12.2. The maximum Gasteiger partial charge on any atom is 0.305 e. The number of nitrogens with one attached hydrogen (secondary N) is 1. The fourth-order valence-corrected chi connectivity index (χ4v) is 2.00. The number of hydrogen-bond acceptors (Lipinski definition) is 3. The number of hydrogen-bond donors (Lipinski definition) is 1. The van der Waals surface area contributed by atoms with E-state index in [9.17, 15) is 4.79 Å². The number of carbonyl (C=O) groups excluding carboxylic acids is 1. The predicted molar refractivity (Wildman–Crippen MR) is 81.2 cm³/mol. The van der Waals surface area contributed by atoms with E-state index < -0.39 is 0 Å². The highest BCUT2D eigenvalue weighted by Crippen LogP contribution is 2.22. The standard InChI is InChI=1S/C17H14N2O2/c20-17(16-12-7-13-21-16)18-19(14-8-3-1-4-9-14)15-10-5-2-6-11-15/h1-13H,(H,18,20). The van der Waals surface area contributed by atoms with E-state index in [1.807, 2.05) is 60.7 Å². The van der Waals surface area contributed by atoms with Crippen molar-refractivity contribution in [3.63, 3.8) is 0 Å². The molecule has 0 aliphatic heterocycles. The Bertz CT molecular complexity index is 655. The summed E-state index contributed by atoms with van der Waals surface area (Å²) in [6, 6.07) is 22.6. The number of amides is 1. The van der Waals surface area contributed by atoms with Crippen LogP contribution in [0.2, 0.25) is 0 Å². The van der Waals surface area contributed by atoms with Gasteiger partial charge < -0.3 is 4.42 Å². The van der Waals surface area contributed by atoms with Gasteiger partial charge in [-0.25, -0.2) is 0 Å². The van der Waals surface area contributed by atoms with Gasteiger partial charge in [-0.15, -0.1) is 0 Å². The van der Waals surface area contributed by atoms with Crippen LogP contribution in [0.1, 0.15) is 10.6 Å². The molecule has 0 aliphatic rings. The fourth-order valence-electron chi connectivity index (χ4n) is 2.00. The van der Waals surface area contributed by atoms with Gasteiger partial charge in [0.1, 0.15) is 0 Å². The molecule has 1 heterocycles. The first-order valence-electron chi connectivity index (χ1n) is 6.59. The third-order valence-corrected chi connectivity index (χ3v) is 2.99. The van der Waals surface area contributed by atoms with Crippen LogP contribution in [-0.4, -0.2) is 5.91 Å². The van der Waals surface area contributed by atoms with E-state index in [2.05, 4.69) is 5.43 Å². The molecule has 3 rings (SSSR count).